The number of hydrogen-bond donors (Lipinski definition) is 0. The number of urea groups is 1. The number of thiazole rings is 1. The quantitative estimate of drug-likeness (QED) is 0.532. The van der Waals surface area contributed by atoms with Gasteiger partial charge in [-0.1, -0.05) is 42.5 Å². The molecule has 0 aliphatic carbocycles. The maximum absolute atomic E-state index is 13.4. The van der Waals surface area contributed by atoms with Gasteiger partial charge in [-0.15, -0.1) is 11.3 Å². The summed E-state index contributed by atoms with van der Waals surface area (Å²) in [7, 11) is 0. The Morgan fingerprint density at radius 3 is 2.44 bits per heavy atom. The van der Waals surface area contributed by atoms with E-state index in [2.05, 4.69) is 23.1 Å². The molecule has 6 nitrogen and oxygen atoms in total. The van der Waals surface area contributed by atoms with Crippen molar-refractivity contribution < 1.29 is 9.59 Å². The fourth-order valence-electron chi connectivity index (χ4n) is 5.00. The van der Waals surface area contributed by atoms with Crippen molar-refractivity contribution in [1.29, 1.82) is 0 Å². The zero-order valence-electron chi connectivity index (χ0n) is 18.4. The van der Waals surface area contributed by atoms with Crippen LogP contribution < -0.4 is 0 Å². The fourth-order valence-corrected chi connectivity index (χ4v) is 6.01. The van der Waals surface area contributed by atoms with Gasteiger partial charge in [-0.25, -0.2) is 9.78 Å². The highest BCUT2D eigenvalue weighted by atomic mass is 32.1. The maximum Gasteiger partial charge on any atom is 0.327 e. The number of aromatic nitrogens is 1. The van der Waals surface area contributed by atoms with Gasteiger partial charge in [-0.3, -0.25) is 14.6 Å². The van der Waals surface area contributed by atoms with E-state index in [1.807, 2.05) is 48.2 Å². The first-order valence-electron chi connectivity index (χ1n) is 11.3. The first-order valence-corrected chi connectivity index (χ1v) is 12.2. The summed E-state index contributed by atoms with van der Waals surface area (Å²) in [6.07, 6.45) is 2.11. The summed E-state index contributed by atoms with van der Waals surface area (Å²) in [4.78, 5) is 36.9. The highest BCUT2D eigenvalue weighted by Gasteiger charge is 2.57. The molecular weight excluding hydrogens is 420 g/mol. The first-order chi connectivity index (χ1) is 15.6. The summed E-state index contributed by atoms with van der Waals surface area (Å²) in [5, 5.41) is 1.10. The summed E-state index contributed by atoms with van der Waals surface area (Å²) >= 11 is 1.73. The van der Waals surface area contributed by atoms with E-state index < -0.39 is 5.54 Å². The van der Waals surface area contributed by atoms with Gasteiger partial charge in [0.1, 0.15) is 10.5 Å². The third-order valence-corrected chi connectivity index (χ3v) is 7.81. The predicted molar refractivity (Wildman–Crippen MR) is 126 cm³/mol. The van der Waals surface area contributed by atoms with Gasteiger partial charge < -0.3 is 4.90 Å². The van der Waals surface area contributed by atoms with Crippen molar-refractivity contribution in [3.63, 3.8) is 0 Å². The van der Waals surface area contributed by atoms with Crippen molar-refractivity contribution in [2.75, 3.05) is 26.2 Å². The van der Waals surface area contributed by atoms with Crippen LogP contribution in [0.3, 0.4) is 0 Å². The zero-order valence-corrected chi connectivity index (χ0v) is 19.2. The van der Waals surface area contributed by atoms with E-state index in [4.69, 9.17) is 4.98 Å². The number of carbonyl (C=O) groups excluding carboxylic acids is 2. The number of para-hydroxylation sites is 1. The summed E-state index contributed by atoms with van der Waals surface area (Å²) < 4.78 is 1.21. The summed E-state index contributed by atoms with van der Waals surface area (Å²) in [5.41, 5.74) is 1.53. The molecular formula is C25H28N4O2S. The van der Waals surface area contributed by atoms with Crippen molar-refractivity contribution >= 4 is 33.5 Å². The smallest absolute Gasteiger partial charge is 0.309 e. The molecule has 3 amide bonds. The molecule has 1 spiro atoms. The van der Waals surface area contributed by atoms with Crippen LogP contribution in [0.5, 0.6) is 0 Å². The van der Waals surface area contributed by atoms with Crippen molar-refractivity contribution in [3.05, 3.63) is 65.2 Å². The van der Waals surface area contributed by atoms with E-state index in [0.29, 0.717) is 25.9 Å². The monoisotopic (exact) mass is 448 g/mol. The number of likely N-dealkylation sites (N-methyl/N-ethyl adjacent to an activating group) is 1. The van der Waals surface area contributed by atoms with E-state index in [1.54, 1.807) is 11.3 Å². The summed E-state index contributed by atoms with van der Waals surface area (Å²) in [6, 6.07) is 18.3. The van der Waals surface area contributed by atoms with Gasteiger partial charge in [0.15, 0.2) is 0 Å². The van der Waals surface area contributed by atoms with Gasteiger partial charge in [0, 0.05) is 26.2 Å². The van der Waals surface area contributed by atoms with E-state index in [0.717, 1.165) is 36.6 Å². The van der Waals surface area contributed by atoms with E-state index in [-0.39, 0.29) is 11.9 Å². The number of imide groups is 1. The minimum Gasteiger partial charge on any atom is -0.309 e. The van der Waals surface area contributed by atoms with E-state index in [9.17, 15) is 9.59 Å². The lowest BCUT2D eigenvalue weighted by Gasteiger charge is -2.42. The lowest BCUT2D eigenvalue weighted by Crippen LogP contribution is -2.56. The Labute approximate surface area is 192 Å². The molecule has 0 atom stereocenters. The molecule has 0 unspecified atom stereocenters. The Morgan fingerprint density at radius 2 is 1.72 bits per heavy atom. The first kappa shape index (κ1) is 21.1. The van der Waals surface area contributed by atoms with Gasteiger partial charge in [0.2, 0.25) is 0 Å². The molecule has 7 heteroatoms. The number of fused-ring (bicyclic) bond motifs is 1. The normalized spacial score (nSPS) is 18.9. The Bertz CT molecular complexity index is 1090. The average Bonchev–Trinajstić information content (AvgIpc) is 3.31. The number of benzene rings is 2. The second-order valence-electron chi connectivity index (χ2n) is 8.60. The minimum absolute atomic E-state index is 0.0160. The molecule has 0 N–H and O–H groups in total. The average molecular weight is 449 g/mol. The van der Waals surface area contributed by atoms with E-state index in [1.165, 1.54) is 15.2 Å². The van der Waals surface area contributed by atoms with Gasteiger partial charge in [-0.05, 0) is 43.9 Å². The molecule has 2 aliphatic rings. The number of piperidine rings is 1. The molecule has 0 saturated carbocycles. The van der Waals surface area contributed by atoms with Crippen LogP contribution in [0.15, 0.2) is 54.6 Å². The van der Waals surface area contributed by atoms with Crippen LogP contribution >= 0.6 is 11.3 Å². The van der Waals surface area contributed by atoms with Crippen molar-refractivity contribution in [1.82, 2.24) is 19.7 Å². The Morgan fingerprint density at radius 1 is 1.00 bits per heavy atom. The van der Waals surface area contributed by atoms with Gasteiger partial charge in [0.05, 0.1) is 16.8 Å². The van der Waals surface area contributed by atoms with Gasteiger partial charge in [0.25, 0.3) is 5.91 Å². The van der Waals surface area contributed by atoms with Crippen molar-refractivity contribution in [2.24, 2.45) is 0 Å². The number of nitrogens with zero attached hydrogens (tertiary/aromatic N) is 4. The Hall–Kier alpha value is -2.77. The van der Waals surface area contributed by atoms with Gasteiger partial charge in [-0.2, -0.15) is 0 Å². The van der Waals surface area contributed by atoms with Crippen LogP contribution in [0, 0.1) is 0 Å². The molecule has 3 aromatic rings. The molecule has 2 aromatic carbocycles. The molecule has 32 heavy (non-hydrogen) atoms. The Balaban J connectivity index is 1.30. The number of likely N-dealkylation sites (tertiary alicyclic amines) is 1. The van der Waals surface area contributed by atoms with Crippen LogP contribution in [0.4, 0.5) is 4.79 Å². The number of hydrogen-bond acceptors (Lipinski definition) is 5. The highest BCUT2D eigenvalue weighted by Crippen LogP contribution is 2.38. The molecule has 3 heterocycles. The Kier molecular flexibility index (Phi) is 5.69. The fraction of sp³-hybridized carbons (Fsp3) is 0.400. The van der Waals surface area contributed by atoms with Crippen LogP contribution in [0.25, 0.3) is 10.2 Å². The molecule has 0 radical (unpaired) electrons. The summed E-state index contributed by atoms with van der Waals surface area (Å²) in [6.45, 7) is 5.24. The zero-order chi connectivity index (χ0) is 22.1. The number of amides is 3. The highest BCUT2D eigenvalue weighted by molar-refractivity contribution is 7.18. The van der Waals surface area contributed by atoms with Crippen molar-refractivity contribution in [3.8, 4) is 0 Å². The predicted octanol–water partition coefficient (Wildman–Crippen LogP) is 4.16. The lowest BCUT2D eigenvalue weighted by molar-refractivity contribution is -0.135. The van der Waals surface area contributed by atoms with Gasteiger partial charge >= 0.3 is 6.03 Å². The molecule has 5 rings (SSSR count). The molecule has 1 aromatic heterocycles. The largest absolute Gasteiger partial charge is 0.327 e. The maximum atomic E-state index is 13.4. The topological polar surface area (TPSA) is 56.8 Å². The molecule has 2 fully saturated rings. The summed E-state index contributed by atoms with van der Waals surface area (Å²) in [5.74, 6) is -0.0160. The third-order valence-electron chi connectivity index (χ3n) is 6.79. The SMILES string of the molecule is CCN1C(=O)N(CCc2ccccc2)C2(CCN(Cc3nc4ccccc4s3)CC2)C1=O. The lowest BCUT2D eigenvalue weighted by atomic mass is 9.85. The van der Waals surface area contributed by atoms with Crippen LogP contribution in [0.1, 0.15) is 30.3 Å². The third kappa shape index (κ3) is 3.69. The second kappa shape index (κ2) is 8.64. The minimum atomic E-state index is -0.702. The van der Waals surface area contributed by atoms with E-state index >= 15 is 0 Å². The number of rotatable bonds is 6. The molecule has 2 saturated heterocycles. The molecule has 2 aliphatic heterocycles. The second-order valence-corrected chi connectivity index (χ2v) is 9.72. The van der Waals surface area contributed by atoms with Crippen LogP contribution in [0.2, 0.25) is 0 Å². The van der Waals surface area contributed by atoms with Crippen LogP contribution in [-0.4, -0.2) is 63.3 Å². The molecule has 0 bridgehead atoms. The van der Waals surface area contributed by atoms with Crippen molar-refractivity contribution in [2.45, 2.75) is 38.3 Å². The van der Waals surface area contributed by atoms with Crippen LogP contribution in [-0.2, 0) is 17.8 Å². The molecule has 166 valence electrons. The standard InChI is InChI=1S/C25H28N4O2S/c1-2-28-23(30)25(29(24(28)31)15-12-19-8-4-3-5-9-19)13-16-27(17-14-25)18-22-26-20-10-6-7-11-21(20)32-22/h3-11H,2,12-18H2,1H3. The number of carbonyl (C=O) groups is 2.